The fourth-order valence-corrected chi connectivity index (χ4v) is 4.20. The van der Waals surface area contributed by atoms with E-state index >= 15 is 0 Å². The van der Waals surface area contributed by atoms with Crippen LogP contribution in [0.5, 0.6) is 6.01 Å². The van der Waals surface area contributed by atoms with Crippen molar-refractivity contribution in [3.8, 4) is 6.01 Å². The average Bonchev–Trinajstić information content (AvgIpc) is 3.10. The molecule has 27 heavy (non-hydrogen) atoms. The molecule has 1 amide bonds. The van der Waals surface area contributed by atoms with Crippen LogP contribution in [0.25, 0.3) is 10.2 Å². The minimum atomic E-state index is -0.0210. The molecule has 2 aromatic heterocycles. The number of benzene rings is 1. The van der Waals surface area contributed by atoms with Crippen LogP contribution in [0.2, 0.25) is 0 Å². The van der Waals surface area contributed by atoms with Gasteiger partial charge in [0.2, 0.25) is 0 Å². The summed E-state index contributed by atoms with van der Waals surface area (Å²) in [7, 11) is 0. The van der Waals surface area contributed by atoms with Gasteiger partial charge in [-0.1, -0.05) is 0 Å². The highest BCUT2D eigenvalue weighted by Gasteiger charge is 2.24. The molecule has 140 valence electrons. The second-order valence-corrected chi connectivity index (χ2v) is 7.92. The van der Waals surface area contributed by atoms with Gasteiger partial charge in [-0.2, -0.15) is 0 Å². The fourth-order valence-electron chi connectivity index (χ4n) is 3.49. The van der Waals surface area contributed by atoms with E-state index in [0.29, 0.717) is 11.6 Å². The van der Waals surface area contributed by atoms with Gasteiger partial charge in [0.1, 0.15) is 6.10 Å². The third-order valence-electron chi connectivity index (χ3n) is 4.84. The van der Waals surface area contributed by atoms with Crippen LogP contribution in [-0.2, 0) is 0 Å². The maximum Gasteiger partial charge on any atom is 0.317 e. The molecule has 0 spiro atoms. The predicted octanol–water partition coefficient (Wildman–Crippen LogP) is 3.82. The zero-order chi connectivity index (χ0) is 18.8. The Kier molecular flexibility index (Phi) is 5.03. The van der Waals surface area contributed by atoms with Crippen molar-refractivity contribution in [1.82, 2.24) is 20.3 Å². The lowest BCUT2D eigenvalue weighted by atomic mass is 9.92. The Morgan fingerprint density at radius 1 is 1.11 bits per heavy atom. The normalized spacial score (nSPS) is 19.8. The van der Waals surface area contributed by atoms with E-state index in [1.54, 1.807) is 16.8 Å². The number of rotatable bonds is 4. The smallest absolute Gasteiger partial charge is 0.317 e. The SMILES string of the molecule is Cc1cc(C)nc(OC2CCC(NC(=O)c3ccc4ncsc4c3)CC2)n1. The van der Waals surface area contributed by atoms with E-state index in [4.69, 9.17) is 4.74 Å². The molecular weight excluding hydrogens is 360 g/mol. The lowest BCUT2D eigenvalue weighted by Crippen LogP contribution is -2.39. The molecule has 1 saturated carbocycles. The number of ether oxygens (including phenoxy) is 1. The van der Waals surface area contributed by atoms with Crippen molar-refractivity contribution in [2.75, 3.05) is 0 Å². The van der Waals surface area contributed by atoms with Gasteiger partial charge >= 0.3 is 6.01 Å². The number of aryl methyl sites for hydroxylation is 2. The molecule has 1 N–H and O–H groups in total. The van der Waals surface area contributed by atoms with Crippen molar-refractivity contribution in [1.29, 1.82) is 0 Å². The van der Waals surface area contributed by atoms with Gasteiger partial charge < -0.3 is 10.1 Å². The first-order chi connectivity index (χ1) is 13.1. The standard InChI is InChI=1S/C20H22N4O2S/c1-12-9-13(2)23-20(22-12)26-16-6-4-15(5-7-16)24-19(25)14-3-8-17-18(10-14)27-11-21-17/h3,8-11,15-16H,4-7H2,1-2H3,(H,24,25). The number of hydrogen-bond acceptors (Lipinski definition) is 6. The predicted molar refractivity (Wildman–Crippen MR) is 105 cm³/mol. The Morgan fingerprint density at radius 3 is 2.59 bits per heavy atom. The Labute approximate surface area is 162 Å². The van der Waals surface area contributed by atoms with Crippen molar-refractivity contribution >= 4 is 27.5 Å². The van der Waals surface area contributed by atoms with Gasteiger partial charge in [0.15, 0.2) is 0 Å². The first-order valence-electron chi connectivity index (χ1n) is 9.20. The topological polar surface area (TPSA) is 77.0 Å². The number of amides is 1. The molecule has 0 radical (unpaired) electrons. The first kappa shape index (κ1) is 17.9. The van der Waals surface area contributed by atoms with Gasteiger partial charge in [0.25, 0.3) is 5.91 Å². The van der Waals surface area contributed by atoms with Gasteiger partial charge in [-0.25, -0.2) is 15.0 Å². The maximum absolute atomic E-state index is 12.5. The minimum absolute atomic E-state index is 0.0210. The molecule has 1 aliphatic rings. The molecule has 0 saturated heterocycles. The number of fused-ring (bicyclic) bond motifs is 1. The van der Waals surface area contributed by atoms with Crippen molar-refractivity contribution in [2.24, 2.45) is 0 Å². The van der Waals surface area contributed by atoms with Crippen LogP contribution >= 0.6 is 11.3 Å². The molecule has 0 aliphatic heterocycles. The summed E-state index contributed by atoms with van der Waals surface area (Å²) in [5.74, 6) is -0.0210. The second-order valence-electron chi connectivity index (χ2n) is 7.03. The highest BCUT2D eigenvalue weighted by Crippen LogP contribution is 2.24. The number of thiazole rings is 1. The van der Waals surface area contributed by atoms with Crippen molar-refractivity contribution in [2.45, 2.75) is 51.7 Å². The van der Waals surface area contributed by atoms with Crippen LogP contribution < -0.4 is 10.1 Å². The van der Waals surface area contributed by atoms with E-state index < -0.39 is 0 Å². The van der Waals surface area contributed by atoms with Gasteiger partial charge in [0, 0.05) is 23.0 Å². The van der Waals surface area contributed by atoms with Gasteiger partial charge in [0.05, 0.1) is 15.7 Å². The molecule has 0 bridgehead atoms. The Balaban J connectivity index is 1.31. The van der Waals surface area contributed by atoms with E-state index in [1.165, 1.54) is 0 Å². The second kappa shape index (κ2) is 7.60. The monoisotopic (exact) mass is 382 g/mol. The van der Waals surface area contributed by atoms with Gasteiger partial charge in [-0.15, -0.1) is 11.3 Å². The number of nitrogens with one attached hydrogen (secondary N) is 1. The number of carbonyl (C=O) groups is 1. The van der Waals surface area contributed by atoms with Crippen LogP contribution in [0, 0.1) is 13.8 Å². The molecule has 6 nitrogen and oxygen atoms in total. The van der Waals surface area contributed by atoms with Crippen LogP contribution in [0.15, 0.2) is 29.8 Å². The summed E-state index contributed by atoms with van der Waals surface area (Å²) in [4.78, 5) is 25.5. The summed E-state index contributed by atoms with van der Waals surface area (Å²) in [5, 5.41) is 3.15. The lowest BCUT2D eigenvalue weighted by molar-refractivity contribution is 0.0885. The molecule has 4 rings (SSSR count). The summed E-state index contributed by atoms with van der Waals surface area (Å²) < 4.78 is 6.99. The summed E-state index contributed by atoms with van der Waals surface area (Å²) >= 11 is 1.55. The largest absolute Gasteiger partial charge is 0.460 e. The van der Waals surface area contributed by atoms with Crippen molar-refractivity contribution < 1.29 is 9.53 Å². The average molecular weight is 382 g/mol. The third-order valence-corrected chi connectivity index (χ3v) is 5.63. The van der Waals surface area contributed by atoms with Crippen LogP contribution in [0.4, 0.5) is 0 Å². The quantitative estimate of drug-likeness (QED) is 0.742. The highest BCUT2D eigenvalue weighted by molar-refractivity contribution is 7.16. The maximum atomic E-state index is 12.5. The number of aromatic nitrogens is 3. The van der Waals surface area contributed by atoms with E-state index in [0.717, 1.165) is 47.3 Å². The number of hydrogen-bond donors (Lipinski definition) is 1. The Bertz CT molecular complexity index is 943. The Morgan fingerprint density at radius 2 is 1.85 bits per heavy atom. The zero-order valence-corrected chi connectivity index (χ0v) is 16.3. The van der Waals surface area contributed by atoms with Crippen LogP contribution in [0.1, 0.15) is 47.4 Å². The zero-order valence-electron chi connectivity index (χ0n) is 15.4. The highest BCUT2D eigenvalue weighted by atomic mass is 32.1. The molecule has 3 aromatic rings. The fraction of sp³-hybridized carbons (Fsp3) is 0.400. The summed E-state index contributed by atoms with van der Waals surface area (Å²) in [6.45, 7) is 3.88. The Hall–Kier alpha value is -2.54. The summed E-state index contributed by atoms with van der Waals surface area (Å²) in [6.07, 6.45) is 3.66. The molecule has 1 aliphatic carbocycles. The van der Waals surface area contributed by atoms with E-state index in [1.807, 2.05) is 38.1 Å². The first-order valence-corrected chi connectivity index (χ1v) is 10.1. The van der Waals surface area contributed by atoms with E-state index in [-0.39, 0.29) is 18.1 Å². The molecular formula is C20H22N4O2S. The molecule has 7 heteroatoms. The van der Waals surface area contributed by atoms with Crippen molar-refractivity contribution in [3.63, 3.8) is 0 Å². The van der Waals surface area contributed by atoms with Crippen LogP contribution in [0.3, 0.4) is 0 Å². The van der Waals surface area contributed by atoms with Gasteiger partial charge in [-0.05, 0) is 63.8 Å². The van der Waals surface area contributed by atoms with Crippen molar-refractivity contribution in [3.05, 3.63) is 46.7 Å². The minimum Gasteiger partial charge on any atom is -0.460 e. The molecule has 0 unspecified atom stereocenters. The molecule has 2 heterocycles. The third kappa shape index (κ3) is 4.24. The lowest BCUT2D eigenvalue weighted by Gasteiger charge is -2.29. The van der Waals surface area contributed by atoms with E-state index in [2.05, 4.69) is 20.3 Å². The summed E-state index contributed by atoms with van der Waals surface area (Å²) in [5.41, 5.74) is 5.25. The van der Waals surface area contributed by atoms with Gasteiger partial charge in [-0.3, -0.25) is 4.79 Å². The number of nitrogens with zero attached hydrogens (tertiary/aromatic N) is 3. The summed E-state index contributed by atoms with van der Waals surface area (Å²) in [6, 6.07) is 8.21. The molecule has 1 fully saturated rings. The molecule has 0 atom stereocenters. The van der Waals surface area contributed by atoms with Crippen LogP contribution in [-0.4, -0.2) is 33.0 Å². The number of carbonyl (C=O) groups excluding carboxylic acids is 1. The van der Waals surface area contributed by atoms with E-state index in [9.17, 15) is 4.79 Å². The molecule has 1 aromatic carbocycles.